The Labute approximate surface area is 188 Å². The standard InChI is InChI=1S/C24H26N2O5S/c1-17-9-8-12-19(13-17)25-24(27)20-14-22(30-2)23(31-3)15-21(20)26(32(4,28)29)16-18-10-6-5-7-11-18/h5-15H,16H2,1-4H3,(H,25,27). The number of rotatable bonds is 8. The summed E-state index contributed by atoms with van der Waals surface area (Å²) in [7, 11) is -0.828. The van der Waals surface area contributed by atoms with Gasteiger partial charge in [0, 0.05) is 11.8 Å². The minimum Gasteiger partial charge on any atom is -0.493 e. The third-order valence-corrected chi connectivity index (χ3v) is 5.99. The molecule has 3 rings (SSSR count). The van der Waals surface area contributed by atoms with Crippen molar-refractivity contribution in [2.24, 2.45) is 0 Å². The van der Waals surface area contributed by atoms with Crippen molar-refractivity contribution in [2.75, 3.05) is 30.1 Å². The highest BCUT2D eigenvalue weighted by Gasteiger charge is 2.26. The first-order valence-corrected chi connectivity index (χ1v) is 11.7. The van der Waals surface area contributed by atoms with Crippen LogP contribution in [0.25, 0.3) is 0 Å². The smallest absolute Gasteiger partial charge is 0.257 e. The number of hydrogen-bond donors (Lipinski definition) is 1. The van der Waals surface area contributed by atoms with E-state index in [4.69, 9.17) is 9.47 Å². The van der Waals surface area contributed by atoms with E-state index in [0.717, 1.165) is 17.4 Å². The first kappa shape index (κ1) is 23.1. The zero-order chi connectivity index (χ0) is 23.3. The summed E-state index contributed by atoms with van der Waals surface area (Å²) in [6.45, 7) is 1.97. The molecule has 0 radical (unpaired) electrons. The largest absolute Gasteiger partial charge is 0.493 e. The highest BCUT2D eigenvalue weighted by atomic mass is 32.2. The molecule has 0 aliphatic rings. The summed E-state index contributed by atoms with van der Waals surface area (Å²) in [5.74, 6) is 0.170. The van der Waals surface area contributed by atoms with Gasteiger partial charge in [-0.3, -0.25) is 9.10 Å². The molecule has 3 aromatic rings. The molecule has 3 aromatic carbocycles. The van der Waals surface area contributed by atoms with E-state index in [1.54, 1.807) is 6.07 Å². The highest BCUT2D eigenvalue weighted by Crippen LogP contribution is 2.37. The molecule has 7 nitrogen and oxygen atoms in total. The van der Waals surface area contributed by atoms with Crippen molar-refractivity contribution < 1.29 is 22.7 Å². The number of carbonyl (C=O) groups is 1. The van der Waals surface area contributed by atoms with Crippen LogP contribution in [0.3, 0.4) is 0 Å². The maximum Gasteiger partial charge on any atom is 0.257 e. The van der Waals surface area contributed by atoms with Crippen molar-refractivity contribution in [3.8, 4) is 11.5 Å². The van der Waals surface area contributed by atoms with E-state index in [1.807, 2.05) is 55.5 Å². The van der Waals surface area contributed by atoms with Crippen molar-refractivity contribution in [1.29, 1.82) is 0 Å². The van der Waals surface area contributed by atoms with Gasteiger partial charge in [-0.1, -0.05) is 42.5 Å². The summed E-state index contributed by atoms with van der Waals surface area (Å²) in [5.41, 5.74) is 2.70. The highest BCUT2D eigenvalue weighted by molar-refractivity contribution is 7.92. The number of carbonyl (C=O) groups excluding carboxylic acids is 1. The number of methoxy groups -OCH3 is 2. The molecular formula is C24H26N2O5S. The van der Waals surface area contributed by atoms with Gasteiger partial charge in [0.1, 0.15) is 0 Å². The number of amides is 1. The van der Waals surface area contributed by atoms with E-state index < -0.39 is 15.9 Å². The van der Waals surface area contributed by atoms with E-state index in [2.05, 4.69) is 5.32 Å². The molecule has 0 saturated heterocycles. The molecule has 0 saturated carbocycles. The normalized spacial score (nSPS) is 11.0. The lowest BCUT2D eigenvalue weighted by atomic mass is 10.1. The summed E-state index contributed by atoms with van der Waals surface area (Å²) in [5, 5.41) is 2.84. The fourth-order valence-corrected chi connectivity index (χ4v) is 4.20. The van der Waals surface area contributed by atoms with Crippen LogP contribution in [0.15, 0.2) is 66.7 Å². The predicted molar refractivity (Wildman–Crippen MR) is 126 cm³/mol. The van der Waals surface area contributed by atoms with E-state index in [0.29, 0.717) is 17.2 Å². The number of nitrogens with zero attached hydrogens (tertiary/aromatic N) is 1. The molecule has 0 aromatic heterocycles. The summed E-state index contributed by atoms with van der Waals surface area (Å²) in [4.78, 5) is 13.3. The second-order valence-electron chi connectivity index (χ2n) is 7.30. The van der Waals surface area contributed by atoms with Crippen LogP contribution in [-0.2, 0) is 16.6 Å². The lowest BCUT2D eigenvalue weighted by molar-refractivity contribution is 0.102. The first-order valence-electron chi connectivity index (χ1n) is 9.88. The Kier molecular flexibility index (Phi) is 7.05. The quantitative estimate of drug-likeness (QED) is 0.551. The molecular weight excluding hydrogens is 428 g/mol. The Morgan fingerprint density at radius 1 is 0.938 bits per heavy atom. The van der Waals surface area contributed by atoms with E-state index in [9.17, 15) is 13.2 Å². The number of aryl methyl sites for hydroxylation is 1. The Balaban J connectivity index is 2.13. The van der Waals surface area contributed by atoms with Gasteiger partial charge in [0.15, 0.2) is 11.5 Å². The average molecular weight is 455 g/mol. The molecule has 1 N–H and O–H groups in total. The molecule has 1 amide bonds. The third-order valence-electron chi connectivity index (χ3n) is 4.86. The van der Waals surface area contributed by atoms with Gasteiger partial charge in [-0.2, -0.15) is 0 Å². The van der Waals surface area contributed by atoms with Gasteiger partial charge in [0.2, 0.25) is 10.0 Å². The van der Waals surface area contributed by atoms with Crippen molar-refractivity contribution in [3.05, 3.63) is 83.4 Å². The van der Waals surface area contributed by atoms with Crippen molar-refractivity contribution in [1.82, 2.24) is 0 Å². The van der Waals surface area contributed by atoms with Crippen LogP contribution in [0.1, 0.15) is 21.5 Å². The van der Waals surface area contributed by atoms with Gasteiger partial charge in [-0.25, -0.2) is 8.42 Å². The van der Waals surface area contributed by atoms with E-state index in [1.165, 1.54) is 30.7 Å². The maximum atomic E-state index is 13.3. The van der Waals surface area contributed by atoms with Crippen LogP contribution in [0.5, 0.6) is 11.5 Å². The molecule has 0 aliphatic carbocycles. The number of anilines is 2. The van der Waals surface area contributed by atoms with Crippen molar-refractivity contribution >= 4 is 27.3 Å². The van der Waals surface area contributed by atoms with Gasteiger partial charge in [-0.05, 0) is 36.2 Å². The topological polar surface area (TPSA) is 84.9 Å². The van der Waals surface area contributed by atoms with Crippen LogP contribution in [0, 0.1) is 6.92 Å². The molecule has 168 valence electrons. The van der Waals surface area contributed by atoms with Crippen molar-refractivity contribution in [2.45, 2.75) is 13.5 Å². The second-order valence-corrected chi connectivity index (χ2v) is 9.21. The maximum absolute atomic E-state index is 13.3. The zero-order valence-electron chi connectivity index (χ0n) is 18.5. The third kappa shape index (κ3) is 5.39. The van der Waals surface area contributed by atoms with Gasteiger partial charge >= 0.3 is 0 Å². The van der Waals surface area contributed by atoms with Gasteiger partial charge in [0.05, 0.1) is 38.3 Å². The number of ether oxygens (including phenoxy) is 2. The Hall–Kier alpha value is -3.52. The van der Waals surface area contributed by atoms with Crippen LogP contribution >= 0.6 is 0 Å². The summed E-state index contributed by atoms with van der Waals surface area (Å²) >= 11 is 0. The van der Waals surface area contributed by atoms with Crippen LogP contribution in [0.2, 0.25) is 0 Å². The van der Waals surface area contributed by atoms with Crippen LogP contribution in [0.4, 0.5) is 11.4 Å². The summed E-state index contributed by atoms with van der Waals surface area (Å²) in [6, 6.07) is 19.5. The van der Waals surface area contributed by atoms with Gasteiger partial charge < -0.3 is 14.8 Å². The SMILES string of the molecule is COc1cc(C(=O)Nc2cccc(C)c2)c(N(Cc2ccccc2)S(C)(=O)=O)cc1OC. The number of hydrogen-bond acceptors (Lipinski definition) is 5. The molecule has 32 heavy (non-hydrogen) atoms. The summed E-state index contributed by atoms with van der Waals surface area (Å²) in [6.07, 6.45) is 1.11. The summed E-state index contributed by atoms with van der Waals surface area (Å²) < 4.78 is 37.5. The van der Waals surface area contributed by atoms with Gasteiger partial charge in [-0.15, -0.1) is 0 Å². The predicted octanol–water partition coefficient (Wildman–Crippen LogP) is 4.23. The monoisotopic (exact) mass is 454 g/mol. The lowest BCUT2D eigenvalue weighted by Crippen LogP contribution is -2.31. The van der Waals surface area contributed by atoms with Crippen LogP contribution in [-0.4, -0.2) is 34.8 Å². The Morgan fingerprint density at radius 3 is 2.19 bits per heavy atom. The fourth-order valence-electron chi connectivity index (χ4n) is 3.31. The minimum absolute atomic E-state index is 0.0554. The fraction of sp³-hybridized carbons (Fsp3) is 0.208. The zero-order valence-corrected chi connectivity index (χ0v) is 19.3. The lowest BCUT2D eigenvalue weighted by Gasteiger charge is -2.26. The molecule has 0 unspecified atom stereocenters. The molecule has 0 atom stereocenters. The Bertz CT molecular complexity index is 1210. The van der Waals surface area contributed by atoms with Gasteiger partial charge in [0.25, 0.3) is 5.91 Å². The number of sulfonamides is 1. The number of nitrogens with one attached hydrogen (secondary N) is 1. The molecule has 0 fully saturated rings. The molecule has 0 bridgehead atoms. The number of benzene rings is 3. The first-order chi connectivity index (χ1) is 15.2. The van der Waals surface area contributed by atoms with E-state index in [-0.39, 0.29) is 17.8 Å². The Morgan fingerprint density at radius 2 is 1.59 bits per heavy atom. The minimum atomic E-state index is -3.74. The average Bonchev–Trinajstić information content (AvgIpc) is 2.76. The molecule has 0 spiro atoms. The molecule has 8 heteroatoms. The van der Waals surface area contributed by atoms with E-state index >= 15 is 0 Å². The van der Waals surface area contributed by atoms with Crippen molar-refractivity contribution in [3.63, 3.8) is 0 Å². The molecule has 0 aliphatic heterocycles. The second kappa shape index (κ2) is 9.74. The molecule has 0 heterocycles. The van der Waals surface area contributed by atoms with Crippen LogP contribution < -0.4 is 19.1 Å².